The van der Waals surface area contributed by atoms with E-state index in [1.165, 1.54) is 0 Å². The second kappa shape index (κ2) is 5.79. The van der Waals surface area contributed by atoms with Crippen molar-refractivity contribution in [1.29, 1.82) is 0 Å². The SMILES string of the molecule is NC(=O)NN=Cc1ccc(-c2ccc(Br)cc2)s1. The van der Waals surface area contributed by atoms with E-state index in [0.717, 1.165) is 19.8 Å². The van der Waals surface area contributed by atoms with Gasteiger partial charge in [-0.2, -0.15) is 5.10 Å². The van der Waals surface area contributed by atoms with E-state index in [2.05, 4.69) is 26.5 Å². The van der Waals surface area contributed by atoms with Crippen LogP contribution in [0.2, 0.25) is 0 Å². The summed E-state index contributed by atoms with van der Waals surface area (Å²) in [6.45, 7) is 0. The van der Waals surface area contributed by atoms with Crippen LogP contribution in [0.15, 0.2) is 46.0 Å². The molecule has 0 unspecified atom stereocenters. The van der Waals surface area contributed by atoms with Crippen LogP contribution in [0.3, 0.4) is 0 Å². The van der Waals surface area contributed by atoms with Gasteiger partial charge in [-0.15, -0.1) is 11.3 Å². The third-order valence-corrected chi connectivity index (χ3v) is 3.72. The lowest BCUT2D eigenvalue weighted by atomic mass is 10.2. The van der Waals surface area contributed by atoms with Gasteiger partial charge in [0.15, 0.2) is 0 Å². The molecule has 0 aliphatic carbocycles. The number of carbonyl (C=O) groups excluding carboxylic acids is 1. The zero-order chi connectivity index (χ0) is 13.0. The summed E-state index contributed by atoms with van der Waals surface area (Å²) in [7, 11) is 0. The number of halogens is 1. The third-order valence-electron chi connectivity index (χ3n) is 2.12. The second-order valence-electron chi connectivity index (χ2n) is 3.44. The molecule has 6 heteroatoms. The molecule has 1 aromatic heterocycles. The summed E-state index contributed by atoms with van der Waals surface area (Å²) in [6, 6.07) is 11.4. The van der Waals surface area contributed by atoms with Gasteiger partial charge in [-0.25, -0.2) is 10.2 Å². The maximum Gasteiger partial charge on any atom is 0.332 e. The molecule has 0 aliphatic heterocycles. The molecule has 18 heavy (non-hydrogen) atoms. The largest absolute Gasteiger partial charge is 0.350 e. The van der Waals surface area contributed by atoms with Crippen molar-refractivity contribution in [3.8, 4) is 10.4 Å². The first-order valence-corrected chi connectivity index (χ1v) is 6.70. The number of thiophene rings is 1. The van der Waals surface area contributed by atoms with Gasteiger partial charge < -0.3 is 5.73 Å². The van der Waals surface area contributed by atoms with Gasteiger partial charge in [-0.1, -0.05) is 28.1 Å². The van der Waals surface area contributed by atoms with Crippen molar-refractivity contribution in [2.75, 3.05) is 0 Å². The highest BCUT2D eigenvalue weighted by Gasteiger charge is 2.01. The predicted molar refractivity (Wildman–Crippen MR) is 77.8 cm³/mol. The van der Waals surface area contributed by atoms with Crippen LogP contribution in [0.5, 0.6) is 0 Å². The Balaban J connectivity index is 2.12. The molecule has 0 saturated carbocycles. The Hall–Kier alpha value is -1.66. The van der Waals surface area contributed by atoms with Crippen molar-refractivity contribution >= 4 is 39.5 Å². The van der Waals surface area contributed by atoms with Crippen LogP contribution in [0.25, 0.3) is 10.4 Å². The van der Waals surface area contributed by atoms with Gasteiger partial charge in [0, 0.05) is 14.2 Å². The van der Waals surface area contributed by atoms with Gasteiger partial charge in [0.05, 0.1) is 6.21 Å². The van der Waals surface area contributed by atoms with Crippen LogP contribution in [0.1, 0.15) is 4.88 Å². The van der Waals surface area contributed by atoms with Crippen molar-refractivity contribution in [1.82, 2.24) is 5.43 Å². The van der Waals surface area contributed by atoms with E-state index in [-0.39, 0.29) is 0 Å². The Morgan fingerprint density at radius 3 is 2.67 bits per heavy atom. The lowest BCUT2D eigenvalue weighted by Crippen LogP contribution is -2.24. The van der Waals surface area contributed by atoms with Crippen LogP contribution >= 0.6 is 27.3 Å². The number of nitrogens with one attached hydrogen (secondary N) is 1. The van der Waals surface area contributed by atoms with Crippen LogP contribution in [-0.2, 0) is 0 Å². The fourth-order valence-corrected chi connectivity index (χ4v) is 2.50. The molecule has 0 spiro atoms. The van der Waals surface area contributed by atoms with Crippen LogP contribution in [-0.4, -0.2) is 12.2 Å². The lowest BCUT2D eigenvalue weighted by molar-refractivity contribution is 0.249. The maximum atomic E-state index is 10.4. The Labute approximate surface area is 117 Å². The van der Waals surface area contributed by atoms with E-state index in [1.807, 2.05) is 36.4 Å². The molecule has 92 valence electrons. The quantitative estimate of drug-likeness (QED) is 0.661. The van der Waals surface area contributed by atoms with Gasteiger partial charge in [-0.05, 0) is 29.8 Å². The number of urea groups is 1. The minimum absolute atomic E-state index is 0.670. The first-order chi connectivity index (χ1) is 8.65. The van der Waals surface area contributed by atoms with E-state index in [4.69, 9.17) is 5.73 Å². The number of hydrogen-bond acceptors (Lipinski definition) is 3. The molecule has 2 aromatic rings. The minimum atomic E-state index is -0.670. The number of rotatable bonds is 3. The molecule has 2 rings (SSSR count). The first kappa shape index (κ1) is 12.8. The Morgan fingerprint density at radius 2 is 2.00 bits per heavy atom. The van der Waals surface area contributed by atoms with Gasteiger partial charge in [-0.3, -0.25) is 0 Å². The smallest absolute Gasteiger partial charge is 0.332 e. The zero-order valence-corrected chi connectivity index (χ0v) is 11.7. The maximum absolute atomic E-state index is 10.4. The zero-order valence-electron chi connectivity index (χ0n) is 9.26. The summed E-state index contributed by atoms with van der Waals surface area (Å²) in [5.41, 5.74) is 8.21. The van der Waals surface area contributed by atoms with E-state index >= 15 is 0 Å². The second-order valence-corrected chi connectivity index (χ2v) is 5.47. The third kappa shape index (κ3) is 3.41. The van der Waals surface area contributed by atoms with E-state index in [0.29, 0.717) is 0 Å². The molecule has 2 amide bonds. The topological polar surface area (TPSA) is 67.5 Å². The van der Waals surface area contributed by atoms with Gasteiger partial charge in [0.1, 0.15) is 0 Å². The van der Waals surface area contributed by atoms with Crippen molar-refractivity contribution < 1.29 is 4.79 Å². The van der Waals surface area contributed by atoms with Gasteiger partial charge in [0.2, 0.25) is 0 Å². The molecule has 4 nitrogen and oxygen atoms in total. The lowest BCUT2D eigenvalue weighted by Gasteiger charge is -1.96. The normalized spacial score (nSPS) is 10.7. The predicted octanol–water partition coefficient (Wildman–Crippen LogP) is 3.18. The monoisotopic (exact) mass is 323 g/mol. The van der Waals surface area contributed by atoms with Crippen molar-refractivity contribution in [3.63, 3.8) is 0 Å². The number of hydrazone groups is 1. The molecule has 0 fully saturated rings. The number of amides is 2. The van der Waals surface area contributed by atoms with Crippen LogP contribution in [0, 0.1) is 0 Å². The van der Waals surface area contributed by atoms with Crippen molar-refractivity contribution in [3.05, 3.63) is 45.7 Å². The fraction of sp³-hybridized carbons (Fsp3) is 0. The minimum Gasteiger partial charge on any atom is -0.350 e. The van der Waals surface area contributed by atoms with Gasteiger partial charge in [0.25, 0.3) is 0 Å². The highest BCUT2D eigenvalue weighted by atomic mass is 79.9. The molecule has 1 heterocycles. The van der Waals surface area contributed by atoms with Crippen LogP contribution < -0.4 is 11.2 Å². The number of carbonyl (C=O) groups is 1. The highest BCUT2D eigenvalue weighted by Crippen LogP contribution is 2.28. The van der Waals surface area contributed by atoms with Crippen molar-refractivity contribution in [2.24, 2.45) is 10.8 Å². The molecule has 1 aromatic carbocycles. The number of hydrogen-bond donors (Lipinski definition) is 2. The molecule has 3 N–H and O–H groups in total. The molecule has 0 aliphatic rings. The Bertz CT molecular complexity index is 577. The van der Waals surface area contributed by atoms with E-state index in [9.17, 15) is 4.79 Å². The molecular weight excluding hydrogens is 314 g/mol. The summed E-state index contributed by atoms with van der Waals surface area (Å²) >= 11 is 4.99. The average Bonchev–Trinajstić information content (AvgIpc) is 2.78. The summed E-state index contributed by atoms with van der Waals surface area (Å²) in [4.78, 5) is 12.5. The fourth-order valence-electron chi connectivity index (χ4n) is 1.35. The molecule has 0 bridgehead atoms. The number of nitrogens with zero attached hydrogens (tertiary/aromatic N) is 1. The number of benzene rings is 1. The summed E-state index contributed by atoms with van der Waals surface area (Å²) < 4.78 is 1.05. The molecule has 0 saturated heterocycles. The van der Waals surface area contributed by atoms with Crippen molar-refractivity contribution in [2.45, 2.75) is 0 Å². The first-order valence-electron chi connectivity index (χ1n) is 5.09. The highest BCUT2D eigenvalue weighted by molar-refractivity contribution is 9.10. The average molecular weight is 324 g/mol. The van der Waals surface area contributed by atoms with E-state index in [1.54, 1.807) is 17.6 Å². The molecule has 0 atom stereocenters. The summed E-state index contributed by atoms with van der Waals surface area (Å²) in [5.74, 6) is 0. The Kier molecular flexibility index (Phi) is 4.11. The van der Waals surface area contributed by atoms with Gasteiger partial charge >= 0.3 is 6.03 Å². The number of primary amides is 1. The Morgan fingerprint density at radius 1 is 1.28 bits per heavy atom. The molecular formula is C12H10BrN3OS. The standard InChI is InChI=1S/C12H10BrN3OS/c13-9-3-1-8(2-4-9)11-6-5-10(18-11)7-15-16-12(14)17/h1-7H,(H3,14,16,17). The number of nitrogens with two attached hydrogens (primary N) is 1. The summed E-state index contributed by atoms with van der Waals surface area (Å²) in [5, 5.41) is 3.72. The van der Waals surface area contributed by atoms with E-state index < -0.39 is 6.03 Å². The summed E-state index contributed by atoms with van der Waals surface area (Å²) in [6.07, 6.45) is 1.57. The van der Waals surface area contributed by atoms with Crippen LogP contribution in [0.4, 0.5) is 4.79 Å². The molecule has 0 radical (unpaired) electrons.